The molecule has 0 aliphatic carbocycles. The van der Waals surface area contributed by atoms with E-state index in [4.69, 9.17) is 15.9 Å². The Balaban J connectivity index is 2.04. The molecule has 0 radical (unpaired) electrons. The molecule has 3 nitrogen and oxygen atoms in total. The number of rotatable bonds is 15. The Bertz CT molecular complexity index is 914. The van der Waals surface area contributed by atoms with E-state index in [0.29, 0.717) is 5.92 Å². The van der Waals surface area contributed by atoms with Gasteiger partial charge in [-0.3, -0.25) is 0 Å². The molecule has 0 amide bonds. The summed E-state index contributed by atoms with van der Waals surface area (Å²) in [7, 11) is 0. The highest BCUT2D eigenvalue weighted by atomic mass is 15.2. The van der Waals surface area contributed by atoms with Gasteiger partial charge in [-0.25, -0.2) is 0 Å². The molecule has 0 saturated heterocycles. The largest absolute Gasteiger partial charge is 0.403 e. The van der Waals surface area contributed by atoms with E-state index in [1.165, 1.54) is 24.0 Å². The van der Waals surface area contributed by atoms with E-state index in [9.17, 15) is 0 Å². The van der Waals surface area contributed by atoms with Gasteiger partial charge >= 0.3 is 0 Å². The van der Waals surface area contributed by atoms with Gasteiger partial charge in [-0.2, -0.15) is 10.2 Å². The summed E-state index contributed by atoms with van der Waals surface area (Å²) in [5.41, 5.74) is 11.8. The van der Waals surface area contributed by atoms with E-state index in [1.807, 2.05) is 0 Å². The molecule has 0 heterocycles. The maximum absolute atomic E-state index is 5.88. The van der Waals surface area contributed by atoms with Crippen LogP contribution in [0, 0.1) is 11.3 Å². The van der Waals surface area contributed by atoms with Crippen LogP contribution < -0.4 is 5.73 Å². The lowest BCUT2D eigenvalue weighted by Crippen LogP contribution is -2.23. The molecule has 0 bridgehead atoms. The first-order chi connectivity index (χ1) is 16.3. The Labute approximate surface area is 208 Å². The number of benzene rings is 2. The molecule has 0 saturated carbocycles. The maximum atomic E-state index is 5.88. The first kappa shape index (κ1) is 27.6. The molecule has 0 aromatic heterocycles. The fourth-order valence-corrected chi connectivity index (χ4v) is 4.95. The normalized spacial score (nSPS) is 15.1. The van der Waals surface area contributed by atoms with Crippen LogP contribution >= 0.6 is 0 Å². The number of aryl methyl sites for hydroxylation is 1. The van der Waals surface area contributed by atoms with E-state index in [2.05, 4.69) is 94.9 Å². The molecular formula is C31H45N3. The second kappa shape index (κ2) is 14.6. The first-order valence-corrected chi connectivity index (χ1v) is 12.9. The third-order valence-corrected chi connectivity index (χ3v) is 6.65. The fourth-order valence-electron chi connectivity index (χ4n) is 4.95. The van der Waals surface area contributed by atoms with Crippen molar-refractivity contribution in [1.29, 1.82) is 0 Å². The van der Waals surface area contributed by atoms with Crippen molar-refractivity contribution in [3.05, 3.63) is 84.1 Å². The molecule has 2 rings (SSSR count). The molecule has 2 aromatic rings. The standard InChI is InChI=1S/C31H45N3/c1-6-22-31(5,24-29-16-11-8-12-17-29)23-26(3)33-34-27(4)30(21-20-25(2)32)19-13-18-28-14-9-7-10-15-28/h7-12,14-17,30H,2,6,13,18-24,32H2,1,3-5H3/b33-26+,34-27+. The van der Waals surface area contributed by atoms with Crippen LogP contribution in [0.4, 0.5) is 0 Å². The zero-order valence-corrected chi connectivity index (χ0v) is 21.9. The first-order valence-electron chi connectivity index (χ1n) is 12.9. The third-order valence-electron chi connectivity index (χ3n) is 6.65. The summed E-state index contributed by atoms with van der Waals surface area (Å²) in [6.07, 6.45) is 9.50. The van der Waals surface area contributed by atoms with E-state index in [-0.39, 0.29) is 5.41 Å². The predicted octanol–water partition coefficient (Wildman–Crippen LogP) is 8.15. The van der Waals surface area contributed by atoms with Crippen molar-refractivity contribution in [3.8, 4) is 0 Å². The van der Waals surface area contributed by atoms with Crippen LogP contribution in [0.5, 0.6) is 0 Å². The van der Waals surface area contributed by atoms with Crippen molar-refractivity contribution in [2.24, 2.45) is 27.3 Å². The number of allylic oxidation sites excluding steroid dienone is 1. The monoisotopic (exact) mass is 459 g/mol. The molecule has 34 heavy (non-hydrogen) atoms. The van der Waals surface area contributed by atoms with Gasteiger partial charge in [0.1, 0.15) is 0 Å². The highest BCUT2D eigenvalue weighted by Crippen LogP contribution is 2.32. The summed E-state index contributed by atoms with van der Waals surface area (Å²) in [5.74, 6) is 0.381. The minimum atomic E-state index is 0.194. The van der Waals surface area contributed by atoms with Crippen LogP contribution in [-0.4, -0.2) is 11.4 Å². The van der Waals surface area contributed by atoms with Crippen molar-refractivity contribution in [1.82, 2.24) is 0 Å². The van der Waals surface area contributed by atoms with Crippen molar-refractivity contribution in [2.75, 3.05) is 0 Å². The fraction of sp³-hybridized carbons (Fsp3) is 0.484. The molecule has 2 N–H and O–H groups in total. The Hall–Kier alpha value is -2.68. The minimum absolute atomic E-state index is 0.194. The van der Waals surface area contributed by atoms with Crippen molar-refractivity contribution >= 4 is 11.4 Å². The van der Waals surface area contributed by atoms with Crippen molar-refractivity contribution in [3.63, 3.8) is 0 Å². The number of hydrogen-bond donors (Lipinski definition) is 1. The van der Waals surface area contributed by atoms with Crippen LogP contribution in [0.2, 0.25) is 0 Å². The van der Waals surface area contributed by atoms with E-state index in [0.717, 1.165) is 62.1 Å². The van der Waals surface area contributed by atoms with Gasteiger partial charge in [-0.15, -0.1) is 0 Å². The lowest BCUT2D eigenvalue weighted by Gasteiger charge is -2.29. The third kappa shape index (κ3) is 10.5. The second-order valence-corrected chi connectivity index (χ2v) is 10.2. The van der Waals surface area contributed by atoms with E-state index >= 15 is 0 Å². The average molecular weight is 460 g/mol. The Morgan fingerprint density at radius 3 is 2.15 bits per heavy atom. The minimum Gasteiger partial charge on any atom is -0.403 e. The molecular weight excluding hydrogens is 414 g/mol. The molecule has 184 valence electrons. The predicted molar refractivity (Wildman–Crippen MR) is 149 cm³/mol. The molecule has 0 spiro atoms. The SMILES string of the molecule is C=C(N)CCC(CCCc1ccccc1)/C(C)=N/N=C(\C)CC(C)(CCC)Cc1ccccc1. The van der Waals surface area contributed by atoms with E-state index in [1.54, 1.807) is 0 Å². The Morgan fingerprint density at radius 2 is 1.56 bits per heavy atom. The van der Waals surface area contributed by atoms with Crippen LogP contribution in [-0.2, 0) is 12.8 Å². The summed E-state index contributed by atoms with van der Waals surface area (Å²) in [4.78, 5) is 0. The maximum Gasteiger partial charge on any atom is 0.0405 e. The van der Waals surface area contributed by atoms with Crippen LogP contribution in [0.25, 0.3) is 0 Å². The van der Waals surface area contributed by atoms with Gasteiger partial charge in [0.25, 0.3) is 0 Å². The zero-order chi connectivity index (χ0) is 24.8. The van der Waals surface area contributed by atoms with Crippen molar-refractivity contribution < 1.29 is 0 Å². The van der Waals surface area contributed by atoms with E-state index < -0.39 is 0 Å². The zero-order valence-electron chi connectivity index (χ0n) is 21.9. The lowest BCUT2D eigenvalue weighted by molar-refractivity contribution is 0.303. The highest BCUT2D eigenvalue weighted by molar-refractivity contribution is 5.87. The summed E-state index contributed by atoms with van der Waals surface area (Å²) in [5, 5.41) is 9.41. The highest BCUT2D eigenvalue weighted by Gasteiger charge is 2.25. The van der Waals surface area contributed by atoms with Gasteiger partial charge in [-0.1, -0.05) is 87.5 Å². The molecule has 2 atom stereocenters. The van der Waals surface area contributed by atoms with Gasteiger partial charge in [0.2, 0.25) is 0 Å². The summed E-state index contributed by atoms with van der Waals surface area (Å²) < 4.78 is 0. The van der Waals surface area contributed by atoms with Gasteiger partial charge < -0.3 is 5.73 Å². The number of nitrogens with two attached hydrogens (primary N) is 1. The summed E-state index contributed by atoms with van der Waals surface area (Å²) >= 11 is 0. The summed E-state index contributed by atoms with van der Waals surface area (Å²) in [6.45, 7) is 12.8. The number of nitrogens with zero attached hydrogens (tertiary/aromatic N) is 2. The number of hydrogen-bond acceptors (Lipinski definition) is 3. The quantitative estimate of drug-likeness (QED) is 0.212. The molecule has 2 aromatic carbocycles. The molecule has 3 heteroatoms. The van der Waals surface area contributed by atoms with Gasteiger partial charge in [-0.05, 0) is 87.7 Å². The molecule has 0 aliphatic heterocycles. The molecule has 0 fully saturated rings. The molecule has 0 aliphatic rings. The smallest absolute Gasteiger partial charge is 0.0405 e. The van der Waals surface area contributed by atoms with Gasteiger partial charge in [0.15, 0.2) is 0 Å². The van der Waals surface area contributed by atoms with Crippen LogP contribution in [0.3, 0.4) is 0 Å². The second-order valence-electron chi connectivity index (χ2n) is 10.2. The average Bonchev–Trinajstić information content (AvgIpc) is 2.81. The van der Waals surface area contributed by atoms with Crippen LogP contribution in [0.1, 0.15) is 83.8 Å². The van der Waals surface area contributed by atoms with Gasteiger partial charge in [0.05, 0.1) is 0 Å². The Morgan fingerprint density at radius 1 is 0.941 bits per heavy atom. The van der Waals surface area contributed by atoms with Crippen molar-refractivity contribution in [2.45, 2.75) is 85.5 Å². The van der Waals surface area contributed by atoms with Crippen LogP contribution in [0.15, 0.2) is 83.1 Å². The molecule has 2 unspecified atom stereocenters. The lowest BCUT2D eigenvalue weighted by atomic mass is 9.76. The van der Waals surface area contributed by atoms with Gasteiger partial charge in [0, 0.05) is 17.1 Å². The Kier molecular flexibility index (Phi) is 11.8. The summed E-state index contributed by atoms with van der Waals surface area (Å²) in [6, 6.07) is 21.5. The topological polar surface area (TPSA) is 50.7 Å².